The van der Waals surface area contributed by atoms with Gasteiger partial charge in [0.1, 0.15) is 0 Å². The van der Waals surface area contributed by atoms with Crippen LogP contribution in [0.1, 0.15) is 42.2 Å². The molecule has 0 aromatic heterocycles. The van der Waals surface area contributed by atoms with Crippen LogP contribution in [-0.2, 0) is 0 Å². The number of nitro groups is 1. The summed E-state index contributed by atoms with van der Waals surface area (Å²) in [6.45, 7) is 3.86. The first-order valence-corrected chi connectivity index (χ1v) is 11.8. The Labute approximate surface area is 212 Å². The number of amides is 3. The number of rotatable bonds is 6. The fraction of sp³-hybridized carbons (Fsp3) is 0.138. The van der Waals surface area contributed by atoms with Crippen molar-refractivity contribution >= 4 is 39.9 Å². The van der Waals surface area contributed by atoms with Crippen molar-refractivity contribution < 1.29 is 19.3 Å². The predicted octanol–water partition coefficient (Wildman–Crippen LogP) is 5.31. The van der Waals surface area contributed by atoms with Gasteiger partial charge in [-0.05, 0) is 55.1 Å². The molecule has 184 valence electrons. The normalized spacial score (nSPS) is 12.6. The van der Waals surface area contributed by atoms with Gasteiger partial charge in [0, 0.05) is 53.0 Å². The van der Waals surface area contributed by atoms with Gasteiger partial charge in [-0.2, -0.15) is 0 Å². The lowest BCUT2D eigenvalue weighted by Gasteiger charge is -2.31. The molecule has 1 aliphatic rings. The van der Waals surface area contributed by atoms with Crippen molar-refractivity contribution in [3.8, 4) is 0 Å². The summed E-state index contributed by atoms with van der Waals surface area (Å²) in [5.74, 6) is -1.20. The number of hydrogen-bond donors (Lipinski definition) is 0. The molecule has 8 heteroatoms. The Morgan fingerprint density at radius 3 is 2.08 bits per heavy atom. The van der Waals surface area contributed by atoms with Gasteiger partial charge in [0.15, 0.2) is 0 Å². The SMILES string of the molecule is Cc1ccc(N(CCN2C(=O)c3cccc4cccc(c34)C2=O)C(=O)c2ccc([N+](=O)[O-])cc2)c(C)c1. The van der Waals surface area contributed by atoms with Gasteiger partial charge >= 0.3 is 0 Å². The van der Waals surface area contributed by atoms with Crippen molar-refractivity contribution in [2.75, 3.05) is 18.0 Å². The summed E-state index contributed by atoms with van der Waals surface area (Å²) in [6.07, 6.45) is 0. The van der Waals surface area contributed by atoms with Crippen LogP contribution in [0.5, 0.6) is 0 Å². The first-order chi connectivity index (χ1) is 17.8. The van der Waals surface area contributed by atoms with Gasteiger partial charge in [-0.3, -0.25) is 29.4 Å². The molecule has 0 aliphatic carbocycles. The van der Waals surface area contributed by atoms with Gasteiger partial charge in [-0.25, -0.2) is 0 Å². The van der Waals surface area contributed by atoms with E-state index in [-0.39, 0.29) is 30.2 Å². The quantitative estimate of drug-likeness (QED) is 0.206. The van der Waals surface area contributed by atoms with Crippen LogP contribution >= 0.6 is 0 Å². The lowest BCUT2D eigenvalue weighted by molar-refractivity contribution is -0.384. The zero-order valence-corrected chi connectivity index (χ0v) is 20.3. The van der Waals surface area contributed by atoms with Crippen LogP contribution in [-0.4, -0.2) is 40.6 Å². The van der Waals surface area contributed by atoms with E-state index in [0.29, 0.717) is 22.2 Å². The highest BCUT2D eigenvalue weighted by atomic mass is 16.6. The van der Waals surface area contributed by atoms with Crippen LogP contribution < -0.4 is 4.90 Å². The van der Waals surface area contributed by atoms with Crippen LogP contribution in [0.2, 0.25) is 0 Å². The Balaban J connectivity index is 1.48. The lowest BCUT2D eigenvalue weighted by atomic mass is 9.94. The molecule has 1 heterocycles. The minimum atomic E-state index is -0.526. The molecular formula is C29H23N3O5. The number of imide groups is 1. The monoisotopic (exact) mass is 493 g/mol. The summed E-state index contributed by atoms with van der Waals surface area (Å²) < 4.78 is 0. The average molecular weight is 494 g/mol. The Hall–Kier alpha value is -4.85. The summed E-state index contributed by atoms with van der Waals surface area (Å²) in [6, 6.07) is 21.7. The third kappa shape index (κ3) is 4.23. The molecule has 0 spiro atoms. The topological polar surface area (TPSA) is 101 Å². The highest BCUT2D eigenvalue weighted by Gasteiger charge is 2.33. The van der Waals surface area contributed by atoms with E-state index >= 15 is 0 Å². The smallest absolute Gasteiger partial charge is 0.269 e. The molecule has 37 heavy (non-hydrogen) atoms. The van der Waals surface area contributed by atoms with Gasteiger partial charge in [0.2, 0.25) is 0 Å². The number of carbonyl (C=O) groups is 3. The number of carbonyl (C=O) groups excluding carboxylic acids is 3. The molecule has 0 saturated carbocycles. The van der Waals surface area contributed by atoms with Gasteiger partial charge in [-0.15, -0.1) is 0 Å². The van der Waals surface area contributed by atoms with E-state index in [4.69, 9.17) is 0 Å². The summed E-state index contributed by atoms with van der Waals surface area (Å²) >= 11 is 0. The minimum absolute atomic E-state index is 0.0194. The molecule has 4 aromatic rings. The third-order valence-electron chi connectivity index (χ3n) is 6.62. The number of hydrogen-bond acceptors (Lipinski definition) is 5. The van der Waals surface area contributed by atoms with Gasteiger partial charge < -0.3 is 4.90 Å². The van der Waals surface area contributed by atoms with E-state index in [1.807, 2.05) is 44.2 Å². The number of nitro benzene ring substituents is 1. The molecular weight excluding hydrogens is 470 g/mol. The van der Waals surface area contributed by atoms with Crippen LogP contribution in [0.4, 0.5) is 11.4 Å². The van der Waals surface area contributed by atoms with Gasteiger partial charge in [-0.1, -0.05) is 42.0 Å². The fourth-order valence-corrected chi connectivity index (χ4v) is 4.80. The summed E-state index contributed by atoms with van der Waals surface area (Å²) in [4.78, 5) is 53.5. The van der Waals surface area contributed by atoms with Crippen molar-refractivity contribution in [1.29, 1.82) is 0 Å². The second kappa shape index (κ2) is 9.31. The van der Waals surface area contributed by atoms with E-state index in [2.05, 4.69) is 0 Å². The number of aryl methyl sites for hydroxylation is 2. The molecule has 0 saturated heterocycles. The van der Waals surface area contributed by atoms with Crippen molar-refractivity contribution in [2.45, 2.75) is 13.8 Å². The maximum absolute atomic E-state index is 13.6. The first-order valence-electron chi connectivity index (χ1n) is 11.8. The van der Waals surface area contributed by atoms with Crippen LogP contribution in [0.25, 0.3) is 10.8 Å². The average Bonchev–Trinajstić information content (AvgIpc) is 2.89. The molecule has 0 fully saturated rings. The summed E-state index contributed by atoms with van der Waals surface area (Å²) in [5.41, 5.74) is 3.55. The second-order valence-corrected chi connectivity index (χ2v) is 9.02. The number of nitrogens with zero attached hydrogens (tertiary/aromatic N) is 3. The third-order valence-corrected chi connectivity index (χ3v) is 6.62. The van der Waals surface area contributed by atoms with Crippen molar-refractivity contribution in [2.24, 2.45) is 0 Å². The molecule has 0 radical (unpaired) electrons. The van der Waals surface area contributed by atoms with E-state index in [1.54, 1.807) is 24.3 Å². The highest BCUT2D eigenvalue weighted by Crippen LogP contribution is 2.30. The summed E-state index contributed by atoms with van der Waals surface area (Å²) in [5, 5.41) is 12.5. The van der Waals surface area contributed by atoms with Gasteiger partial charge in [0.05, 0.1) is 4.92 Å². The maximum atomic E-state index is 13.6. The molecule has 3 amide bonds. The number of anilines is 1. The molecule has 0 bridgehead atoms. The van der Waals surface area contributed by atoms with Crippen LogP contribution in [0, 0.1) is 24.0 Å². The molecule has 4 aromatic carbocycles. The largest absolute Gasteiger partial charge is 0.306 e. The Morgan fingerprint density at radius 1 is 0.892 bits per heavy atom. The Bertz CT molecular complexity index is 1540. The van der Waals surface area contributed by atoms with E-state index < -0.39 is 16.7 Å². The zero-order chi connectivity index (χ0) is 26.3. The Kier molecular flexibility index (Phi) is 6.01. The van der Waals surface area contributed by atoms with Crippen molar-refractivity contribution in [3.63, 3.8) is 0 Å². The molecule has 1 aliphatic heterocycles. The molecule has 8 nitrogen and oxygen atoms in total. The second-order valence-electron chi connectivity index (χ2n) is 9.02. The standard InChI is InChI=1S/C29H23N3O5/c1-18-9-14-25(19(2)17-18)30(27(33)21-10-12-22(13-11-21)32(36)37)15-16-31-28(34)23-7-3-5-20-6-4-8-24(26(20)23)29(31)35/h3-14,17H,15-16H2,1-2H3. The van der Waals surface area contributed by atoms with Crippen molar-refractivity contribution in [3.05, 3.63) is 117 Å². The first kappa shape index (κ1) is 23.9. The minimum Gasteiger partial charge on any atom is -0.306 e. The Morgan fingerprint density at radius 2 is 1.51 bits per heavy atom. The highest BCUT2D eigenvalue weighted by molar-refractivity contribution is 6.25. The molecule has 5 rings (SSSR count). The number of benzene rings is 4. The summed E-state index contributed by atoms with van der Waals surface area (Å²) in [7, 11) is 0. The van der Waals surface area contributed by atoms with Crippen LogP contribution in [0.15, 0.2) is 78.9 Å². The van der Waals surface area contributed by atoms with Crippen LogP contribution in [0.3, 0.4) is 0 Å². The van der Waals surface area contributed by atoms with Crippen molar-refractivity contribution in [1.82, 2.24) is 4.90 Å². The fourth-order valence-electron chi connectivity index (χ4n) is 4.80. The predicted molar refractivity (Wildman–Crippen MR) is 140 cm³/mol. The van der Waals surface area contributed by atoms with E-state index in [0.717, 1.165) is 16.5 Å². The van der Waals surface area contributed by atoms with E-state index in [9.17, 15) is 24.5 Å². The molecule has 0 N–H and O–H groups in total. The van der Waals surface area contributed by atoms with E-state index in [1.165, 1.54) is 34.1 Å². The zero-order valence-electron chi connectivity index (χ0n) is 20.3. The number of non-ortho nitro benzene ring substituents is 1. The maximum Gasteiger partial charge on any atom is 0.269 e. The lowest BCUT2D eigenvalue weighted by Crippen LogP contribution is -2.46. The molecule has 0 unspecified atom stereocenters. The van der Waals surface area contributed by atoms with Gasteiger partial charge in [0.25, 0.3) is 23.4 Å². The molecule has 0 atom stereocenters.